The largest absolute Gasteiger partial charge is 0.497 e. The first kappa shape index (κ1) is 15.3. The number of rotatable bonds is 4. The number of benzene rings is 2. The quantitative estimate of drug-likeness (QED) is 0.831. The van der Waals surface area contributed by atoms with E-state index in [0.717, 1.165) is 4.47 Å². The minimum absolute atomic E-state index is 0.203. The predicted octanol–water partition coefficient (Wildman–Crippen LogP) is 3.11. The van der Waals surface area contributed by atoms with Crippen molar-refractivity contribution in [3.63, 3.8) is 0 Å². The number of nitrogens with two attached hydrogens (primary N) is 1. The van der Waals surface area contributed by atoms with Crippen LogP contribution in [0.15, 0.2) is 40.9 Å². The molecule has 0 bridgehead atoms. The van der Waals surface area contributed by atoms with Gasteiger partial charge in [-0.05, 0) is 35.9 Å². The van der Waals surface area contributed by atoms with Gasteiger partial charge in [-0.15, -0.1) is 0 Å². The van der Waals surface area contributed by atoms with Crippen molar-refractivity contribution < 1.29 is 13.9 Å². The Balaban J connectivity index is 2.11. The van der Waals surface area contributed by atoms with E-state index in [1.807, 2.05) is 0 Å². The topological polar surface area (TPSA) is 64.3 Å². The van der Waals surface area contributed by atoms with E-state index < -0.39 is 0 Å². The van der Waals surface area contributed by atoms with Gasteiger partial charge in [0.25, 0.3) is 5.91 Å². The number of amides is 1. The van der Waals surface area contributed by atoms with Crippen molar-refractivity contribution in [2.75, 3.05) is 12.8 Å². The third-order valence-electron chi connectivity index (χ3n) is 2.87. The molecule has 2 aromatic carbocycles. The van der Waals surface area contributed by atoms with Crippen molar-refractivity contribution in [1.29, 1.82) is 0 Å². The van der Waals surface area contributed by atoms with Gasteiger partial charge in [0.15, 0.2) is 0 Å². The molecule has 0 aliphatic heterocycles. The maximum absolute atomic E-state index is 13.2. The standard InChI is InChI=1S/C15H14BrFN2O2/c1-21-13-6-9(5-12(18)7-13)15(20)19-8-10-4-11(17)2-3-14(10)16/h2-7H,8,18H2,1H3,(H,19,20). The minimum Gasteiger partial charge on any atom is -0.497 e. The van der Waals surface area contributed by atoms with Crippen LogP contribution in [0.3, 0.4) is 0 Å². The number of ether oxygens (including phenoxy) is 1. The number of hydrogen-bond acceptors (Lipinski definition) is 3. The third kappa shape index (κ3) is 3.95. The average Bonchev–Trinajstić information content (AvgIpc) is 2.47. The zero-order chi connectivity index (χ0) is 15.4. The molecule has 0 heterocycles. The highest BCUT2D eigenvalue weighted by Crippen LogP contribution is 2.20. The van der Waals surface area contributed by atoms with Crippen molar-refractivity contribution in [3.8, 4) is 5.75 Å². The molecule has 6 heteroatoms. The molecule has 0 radical (unpaired) electrons. The molecular weight excluding hydrogens is 339 g/mol. The van der Waals surface area contributed by atoms with Crippen molar-refractivity contribution in [2.45, 2.75) is 6.54 Å². The Bertz CT molecular complexity index is 677. The van der Waals surface area contributed by atoms with Crippen LogP contribution in [0, 0.1) is 5.82 Å². The van der Waals surface area contributed by atoms with Crippen LogP contribution in [-0.2, 0) is 6.54 Å². The SMILES string of the molecule is COc1cc(N)cc(C(=O)NCc2cc(F)ccc2Br)c1. The summed E-state index contributed by atoms with van der Waals surface area (Å²) in [6, 6.07) is 9.08. The average molecular weight is 353 g/mol. The lowest BCUT2D eigenvalue weighted by molar-refractivity contribution is 0.0950. The molecule has 0 aliphatic rings. The Morgan fingerprint density at radius 3 is 2.81 bits per heavy atom. The van der Waals surface area contributed by atoms with Gasteiger partial charge in [-0.3, -0.25) is 4.79 Å². The zero-order valence-corrected chi connectivity index (χ0v) is 12.9. The Hall–Kier alpha value is -2.08. The second-order valence-electron chi connectivity index (χ2n) is 4.41. The zero-order valence-electron chi connectivity index (χ0n) is 11.3. The Labute approximate surface area is 130 Å². The van der Waals surface area contributed by atoms with E-state index >= 15 is 0 Å². The molecule has 2 rings (SSSR count). The Kier molecular flexibility index (Phi) is 4.80. The highest BCUT2D eigenvalue weighted by atomic mass is 79.9. The normalized spacial score (nSPS) is 10.2. The summed E-state index contributed by atoms with van der Waals surface area (Å²) in [4.78, 5) is 12.1. The van der Waals surface area contributed by atoms with Crippen LogP contribution >= 0.6 is 15.9 Å². The van der Waals surface area contributed by atoms with E-state index in [2.05, 4.69) is 21.2 Å². The molecule has 0 fully saturated rings. The number of halogens is 2. The molecule has 110 valence electrons. The summed E-state index contributed by atoms with van der Waals surface area (Å²) in [7, 11) is 1.50. The van der Waals surface area contributed by atoms with Crippen LogP contribution in [0.1, 0.15) is 15.9 Å². The molecule has 1 amide bonds. The summed E-state index contributed by atoms with van der Waals surface area (Å²) < 4.78 is 19.0. The highest BCUT2D eigenvalue weighted by Gasteiger charge is 2.09. The number of carbonyl (C=O) groups excluding carboxylic acids is 1. The van der Waals surface area contributed by atoms with Gasteiger partial charge in [0, 0.05) is 28.3 Å². The first-order valence-corrected chi connectivity index (χ1v) is 6.95. The van der Waals surface area contributed by atoms with Gasteiger partial charge < -0.3 is 15.8 Å². The summed E-state index contributed by atoms with van der Waals surface area (Å²) in [6.07, 6.45) is 0. The van der Waals surface area contributed by atoms with E-state index in [1.165, 1.54) is 19.2 Å². The first-order chi connectivity index (χ1) is 9.99. The van der Waals surface area contributed by atoms with Crippen LogP contribution in [0.5, 0.6) is 5.75 Å². The summed E-state index contributed by atoms with van der Waals surface area (Å²) in [5.74, 6) is -0.156. The molecule has 0 atom stereocenters. The fourth-order valence-electron chi connectivity index (χ4n) is 1.83. The second-order valence-corrected chi connectivity index (χ2v) is 5.27. The fourth-order valence-corrected chi connectivity index (χ4v) is 2.21. The van der Waals surface area contributed by atoms with Crippen molar-refractivity contribution in [1.82, 2.24) is 5.32 Å². The molecule has 0 spiro atoms. The van der Waals surface area contributed by atoms with E-state index in [0.29, 0.717) is 22.6 Å². The summed E-state index contributed by atoms with van der Waals surface area (Å²) in [5, 5.41) is 2.72. The molecule has 21 heavy (non-hydrogen) atoms. The Morgan fingerprint density at radius 2 is 2.10 bits per heavy atom. The first-order valence-electron chi connectivity index (χ1n) is 6.16. The van der Waals surface area contributed by atoms with Crippen LogP contribution in [-0.4, -0.2) is 13.0 Å². The summed E-state index contributed by atoms with van der Waals surface area (Å²) in [6.45, 7) is 0.203. The molecule has 3 N–H and O–H groups in total. The van der Waals surface area contributed by atoms with Crippen molar-refractivity contribution in [3.05, 3.63) is 57.8 Å². The number of nitrogen functional groups attached to an aromatic ring is 1. The van der Waals surface area contributed by atoms with Gasteiger partial charge in [-0.25, -0.2) is 4.39 Å². The monoisotopic (exact) mass is 352 g/mol. The lowest BCUT2D eigenvalue weighted by Crippen LogP contribution is -2.23. The molecule has 0 saturated heterocycles. The lowest BCUT2D eigenvalue weighted by Gasteiger charge is -2.09. The van der Waals surface area contributed by atoms with Crippen molar-refractivity contribution in [2.24, 2.45) is 0 Å². The number of carbonyl (C=O) groups is 1. The second kappa shape index (κ2) is 6.58. The van der Waals surface area contributed by atoms with E-state index in [-0.39, 0.29) is 18.3 Å². The van der Waals surface area contributed by atoms with Gasteiger partial charge in [-0.1, -0.05) is 15.9 Å². The Morgan fingerprint density at radius 1 is 1.33 bits per heavy atom. The number of nitrogens with one attached hydrogen (secondary N) is 1. The minimum atomic E-state index is -0.354. The van der Waals surface area contributed by atoms with Gasteiger partial charge in [0.05, 0.1) is 7.11 Å². The third-order valence-corrected chi connectivity index (χ3v) is 3.65. The number of methoxy groups -OCH3 is 1. The van der Waals surface area contributed by atoms with Gasteiger partial charge >= 0.3 is 0 Å². The molecule has 0 saturated carbocycles. The lowest BCUT2D eigenvalue weighted by atomic mass is 10.1. The van der Waals surface area contributed by atoms with Crippen LogP contribution in [0.25, 0.3) is 0 Å². The van der Waals surface area contributed by atoms with Crippen LogP contribution < -0.4 is 15.8 Å². The van der Waals surface area contributed by atoms with Crippen molar-refractivity contribution >= 4 is 27.5 Å². The van der Waals surface area contributed by atoms with E-state index in [1.54, 1.807) is 24.3 Å². The van der Waals surface area contributed by atoms with E-state index in [9.17, 15) is 9.18 Å². The number of hydrogen-bond donors (Lipinski definition) is 2. The van der Waals surface area contributed by atoms with Gasteiger partial charge in [-0.2, -0.15) is 0 Å². The molecule has 2 aromatic rings. The predicted molar refractivity (Wildman–Crippen MR) is 82.7 cm³/mol. The molecule has 0 aromatic heterocycles. The summed E-state index contributed by atoms with van der Waals surface area (Å²) >= 11 is 3.31. The van der Waals surface area contributed by atoms with Gasteiger partial charge in [0.1, 0.15) is 11.6 Å². The molecular formula is C15H14BrFN2O2. The maximum Gasteiger partial charge on any atom is 0.251 e. The van der Waals surface area contributed by atoms with Gasteiger partial charge in [0.2, 0.25) is 0 Å². The van der Waals surface area contributed by atoms with Crippen LogP contribution in [0.2, 0.25) is 0 Å². The molecule has 0 aliphatic carbocycles. The van der Waals surface area contributed by atoms with Crippen LogP contribution in [0.4, 0.5) is 10.1 Å². The number of anilines is 1. The molecule has 4 nitrogen and oxygen atoms in total. The van der Waals surface area contributed by atoms with E-state index in [4.69, 9.17) is 10.5 Å². The summed E-state index contributed by atoms with van der Waals surface area (Å²) in [5.41, 5.74) is 7.18. The maximum atomic E-state index is 13.2. The smallest absolute Gasteiger partial charge is 0.251 e. The fraction of sp³-hybridized carbons (Fsp3) is 0.133. The molecule has 0 unspecified atom stereocenters. The highest BCUT2D eigenvalue weighted by molar-refractivity contribution is 9.10.